The second kappa shape index (κ2) is 5.50. The summed E-state index contributed by atoms with van der Waals surface area (Å²) in [5.74, 6) is 0. The summed E-state index contributed by atoms with van der Waals surface area (Å²) in [6, 6.07) is 0. The number of unbranched alkanes of at least 4 members (excludes halogenated alkanes) is 2. The molecule has 0 aromatic rings. The van der Waals surface area contributed by atoms with Crippen molar-refractivity contribution in [2.75, 3.05) is 6.61 Å². The summed E-state index contributed by atoms with van der Waals surface area (Å²) >= 11 is 0. The lowest BCUT2D eigenvalue weighted by atomic mass is 9.82. The van der Waals surface area contributed by atoms with Crippen molar-refractivity contribution in [3.63, 3.8) is 0 Å². The summed E-state index contributed by atoms with van der Waals surface area (Å²) in [4.78, 5) is 6.03. The van der Waals surface area contributed by atoms with Gasteiger partial charge in [-0.1, -0.05) is 19.8 Å². The van der Waals surface area contributed by atoms with E-state index in [4.69, 9.17) is 4.84 Å². The Morgan fingerprint density at radius 2 is 1.62 bits per heavy atom. The van der Waals surface area contributed by atoms with Gasteiger partial charge >= 0.3 is 0 Å². The van der Waals surface area contributed by atoms with Gasteiger partial charge in [0.25, 0.3) is 0 Å². The molecule has 0 spiro atoms. The zero-order valence-electron chi connectivity index (χ0n) is 11.7. The Kier molecular flexibility index (Phi) is 4.81. The SMILES string of the molecule is CCCCCON1C(C)(C)C[CH]CC1(C)C. The van der Waals surface area contributed by atoms with Gasteiger partial charge < -0.3 is 0 Å². The quantitative estimate of drug-likeness (QED) is 0.658. The molecule has 1 fully saturated rings. The zero-order valence-corrected chi connectivity index (χ0v) is 11.7. The number of nitrogens with zero attached hydrogens (tertiary/aromatic N) is 1. The molecule has 0 aromatic carbocycles. The van der Waals surface area contributed by atoms with Gasteiger partial charge in [0.05, 0.1) is 6.61 Å². The number of hydrogen-bond donors (Lipinski definition) is 0. The number of rotatable bonds is 5. The second-order valence-electron chi connectivity index (χ2n) is 6.16. The van der Waals surface area contributed by atoms with Crippen LogP contribution in [0.3, 0.4) is 0 Å². The lowest BCUT2D eigenvalue weighted by Crippen LogP contribution is -2.58. The molecule has 1 aliphatic rings. The number of hydroxylamine groups is 2. The monoisotopic (exact) mass is 226 g/mol. The maximum atomic E-state index is 6.03. The molecule has 1 heterocycles. The van der Waals surface area contributed by atoms with E-state index in [-0.39, 0.29) is 11.1 Å². The fourth-order valence-corrected chi connectivity index (χ4v) is 2.62. The Balaban J connectivity index is 2.50. The van der Waals surface area contributed by atoms with E-state index in [1.165, 1.54) is 19.3 Å². The molecular formula is C14H28NO. The highest BCUT2D eigenvalue weighted by molar-refractivity contribution is 4.99. The van der Waals surface area contributed by atoms with Crippen molar-refractivity contribution in [1.82, 2.24) is 5.06 Å². The molecule has 2 nitrogen and oxygen atoms in total. The van der Waals surface area contributed by atoms with Gasteiger partial charge in [0.2, 0.25) is 0 Å². The Labute approximate surface area is 101 Å². The Morgan fingerprint density at radius 1 is 1.06 bits per heavy atom. The number of piperidine rings is 1. The highest BCUT2D eigenvalue weighted by Crippen LogP contribution is 2.37. The average molecular weight is 226 g/mol. The topological polar surface area (TPSA) is 12.5 Å². The molecule has 0 aromatic heterocycles. The molecule has 0 aliphatic carbocycles. The molecule has 2 heteroatoms. The third kappa shape index (κ3) is 3.46. The van der Waals surface area contributed by atoms with Crippen LogP contribution < -0.4 is 0 Å². The molecule has 0 atom stereocenters. The van der Waals surface area contributed by atoms with Gasteiger partial charge in [-0.3, -0.25) is 4.84 Å². The molecular weight excluding hydrogens is 198 g/mol. The molecule has 0 unspecified atom stereocenters. The van der Waals surface area contributed by atoms with E-state index in [0.29, 0.717) is 0 Å². The van der Waals surface area contributed by atoms with Crippen LogP contribution in [0.1, 0.15) is 66.7 Å². The van der Waals surface area contributed by atoms with E-state index >= 15 is 0 Å². The van der Waals surface area contributed by atoms with Gasteiger partial charge in [-0.25, -0.2) is 0 Å². The minimum absolute atomic E-state index is 0.133. The summed E-state index contributed by atoms with van der Waals surface area (Å²) in [6.45, 7) is 12.2. The van der Waals surface area contributed by atoms with Crippen molar-refractivity contribution in [3.05, 3.63) is 6.42 Å². The first kappa shape index (κ1) is 14.0. The Morgan fingerprint density at radius 3 is 2.12 bits per heavy atom. The summed E-state index contributed by atoms with van der Waals surface area (Å²) in [7, 11) is 0. The summed E-state index contributed by atoms with van der Waals surface area (Å²) in [5.41, 5.74) is 0.266. The first-order chi connectivity index (χ1) is 7.40. The van der Waals surface area contributed by atoms with Crippen LogP contribution in [0, 0.1) is 6.42 Å². The molecule has 95 valence electrons. The van der Waals surface area contributed by atoms with E-state index in [0.717, 1.165) is 19.4 Å². The lowest BCUT2D eigenvalue weighted by molar-refractivity contribution is -0.274. The average Bonchev–Trinajstić information content (AvgIpc) is 2.14. The zero-order chi connectivity index (χ0) is 12.2. The first-order valence-corrected chi connectivity index (χ1v) is 6.65. The number of hydrogen-bond acceptors (Lipinski definition) is 2. The third-order valence-corrected chi connectivity index (χ3v) is 3.36. The van der Waals surface area contributed by atoms with Crippen LogP contribution >= 0.6 is 0 Å². The molecule has 1 radical (unpaired) electrons. The van der Waals surface area contributed by atoms with Crippen molar-refractivity contribution in [2.24, 2.45) is 0 Å². The van der Waals surface area contributed by atoms with Gasteiger partial charge in [-0.05, 0) is 53.4 Å². The van der Waals surface area contributed by atoms with E-state index in [1.807, 2.05) is 0 Å². The van der Waals surface area contributed by atoms with Crippen molar-refractivity contribution >= 4 is 0 Å². The highest BCUT2D eigenvalue weighted by atomic mass is 16.7. The van der Waals surface area contributed by atoms with E-state index < -0.39 is 0 Å². The van der Waals surface area contributed by atoms with Crippen LogP contribution in [0.25, 0.3) is 0 Å². The van der Waals surface area contributed by atoms with Crippen molar-refractivity contribution in [1.29, 1.82) is 0 Å². The second-order valence-corrected chi connectivity index (χ2v) is 6.16. The van der Waals surface area contributed by atoms with Crippen LogP contribution in [-0.4, -0.2) is 22.7 Å². The van der Waals surface area contributed by atoms with Crippen molar-refractivity contribution < 1.29 is 4.84 Å². The summed E-state index contributed by atoms with van der Waals surface area (Å²) in [6.07, 6.45) is 8.31. The fourth-order valence-electron chi connectivity index (χ4n) is 2.62. The maximum Gasteiger partial charge on any atom is 0.0685 e. The van der Waals surface area contributed by atoms with Crippen LogP contribution in [0.15, 0.2) is 0 Å². The standard InChI is InChI=1S/C14H28NO/c1-6-7-8-12-16-15-13(2,3)10-9-11-14(15,4)5/h9H,6-8,10-12H2,1-5H3. The van der Waals surface area contributed by atoms with Crippen molar-refractivity contribution in [3.8, 4) is 0 Å². The largest absolute Gasteiger partial charge is 0.298 e. The lowest BCUT2D eigenvalue weighted by Gasteiger charge is -2.51. The van der Waals surface area contributed by atoms with E-state index in [1.54, 1.807) is 0 Å². The third-order valence-electron chi connectivity index (χ3n) is 3.36. The smallest absolute Gasteiger partial charge is 0.0685 e. The summed E-state index contributed by atoms with van der Waals surface area (Å²) in [5, 5.41) is 2.23. The molecule has 0 amide bonds. The van der Waals surface area contributed by atoms with Gasteiger partial charge in [0.1, 0.15) is 0 Å². The van der Waals surface area contributed by atoms with Crippen LogP contribution in [0.2, 0.25) is 0 Å². The molecule has 0 bridgehead atoms. The van der Waals surface area contributed by atoms with Gasteiger partial charge in [0.15, 0.2) is 0 Å². The molecule has 16 heavy (non-hydrogen) atoms. The van der Waals surface area contributed by atoms with Crippen molar-refractivity contribution in [2.45, 2.75) is 77.8 Å². The minimum Gasteiger partial charge on any atom is -0.298 e. The molecule has 0 N–H and O–H groups in total. The Hall–Kier alpha value is -0.0800. The van der Waals surface area contributed by atoms with Gasteiger partial charge in [-0.15, -0.1) is 0 Å². The van der Waals surface area contributed by atoms with Crippen LogP contribution in [0.4, 0.5) is 0 Å². The van der Waals surface area contributed by atoms with Crippen LogP contribution in [-0.2, 0) is 4.84 Å². The Bertz CT molecular complexity index is 195. The van der Waals surface area contributed by atoms with Gasteiger partial charge in [-0.2, -0.15) is 5.06 Å². The van der Waals surface area contributed by atoms with Crippen LogP contribution in [0.5, 0.6) is 0 Å². The van der Waals surface area contributed by atoms with E-state index in [2.05, 4.69) is 46.1 Å². The molecule has 1 rings (SSSR count). The predicted molar refractivity (Wildman–Crippen MR) is 69.0 cm³/mol. The van der Waals surface area contributed by atoms with E-state index in [9.17, 15) is 0 Å². The molecule has 1 saturated heterocycles. The normalized spacial score (nSPS) is 24.6. The minimum atomic E-state index is 0.133. The fraction of sp³-hybridized carbons (Fsp3) is 0.929. The summed E-state index contributed by atoms with van der Waals surface area (Å²) < 4.78 is 0. The van der Waals surface area contributed by atoms with Gasteiger partial charge in [0, 0.05) is 11.1 Å². The predicted octanol–water partition coefficient (Wildman–Crippen LogP) is 3.97. The maximum absolute atomic E-state index is 6.03. The highest BCUT2D eigenvalue weighted by Gasteiger charge is 2.42. The molecule has 0 saturated carbocycles. The first-order valence-electron chi connectivity index (χ1n) is 6.65. The molecule has 1 aliphatic heterocycles.